The molecule has 0 fully saturated rings. The van der Waals surface area contributed by atoms with Crippen LogP contribution in [0.2, 0.25) is 0 Å². The molecule has 0 unspecified atom stereocenters. The van der Waals surface area contributed by atoms with Crippen molar-refractivity contribution < 1.29 is 4.79 Å². The molecular weight excluding hydrogens is 310 g/mol. The predicted molar refractivity (Wildman–Crippen MR) is 88.6 cm³/mol. The number of anilines is 1. The number of nitrogens with zero attached hydrogens (tertiary/aromatic N) is 3. The average Bonchev–Trinajstić information content (AvgIpc) is 2.89. The molecule has 2 N–H and O–H groups in total. The Morgan fingerprint density at radius 1 is 1.22 bits per heavy atom. The highest BCUT2D eigenvalue weighted by Crippen LogP contribution is 2.36. The molecule has 2 heterocycles. The number of rotatable bonds is 4. The number of H-pyrrole nitrogens is 1. The zero-order chi connectivity index (χ0) is 16.2. The molecule has 0 saturated carbocycles. The van der Waals surface area contributed by atoms with Crippen LogP contribution in [0, 0.1) is 13.8 Å². The summed E-state index contributed by atoms with van der Waals surface area (Å²) in [6.07, 6.45) is 4.47. The van der Waals surface area contributed by atoms with Gasteiger partial charge in [-0.2, -0.15) is 5.10 Å². The van der Waals surface area contributed by atoms with Crippen molar-refractivity contribution in [3.05, 3.63) is 59.9 Å². The van der Waals surface area contributed by atoms with E-state index in [9.17, 15) is 4.79 Å². The molecule has 0 saturated heterocycles. The van der Waals surface area contributed by atoms with Gasteiger partial charge in [0.15, 0.2) is 0 Å². The number of nitrogens with one attached hydrogen (secondary N) is 2. The second kappa shape index (κ2) is 6.62. The molecule has 3 aromatic rings. The number of carbonyl (C=O) groups is 1. The normalized spacial score (nSPS) is 10.5. The third kappa shape index (κ3) is 3.40. The van der Waals surface area contributed by atoms with Crippen LogP contribution in [0.1, 0.15) is 21.9 Å². The minimum atomic E-state index is -0.285. The SMILES string of the molecule is Cc1n[nH]c(C)c1Sc1ccccc1NC(=O)c1cnccn1. The maximum atomic E-state index is 12.3. The second-order valence-corrected chi connectivity index (χ2v) is 5.96. The number of carbonyl (C=O) groups excluding carboxylic acids is 1. The van der Waals surface area contributed by atoms with Crippen LogP contribution < -0.4 is 5.32 Å². The van der Waals surface area contributed by atoms with E-state index in [-0.39, 0.29) is 11.6 Å². The fraction of sp³-hybridized carbons (Fsp3) is 0.125. The van der Waals surface area contributed by atoms with Crippen molar-refractivity contribution in [3.63, 3.8) is 0 Å². The number of benzene rings is 1. The Labute approximate surface area is 137 Å². The Morgan fingerprint density at radius 2 is 2.04 bits per heavy atom. The van der Waals surface area contributed by atoms with E-state index in [0.717, 1.165) is 26.9 Å². The van der Waals surface area contributed by atoms with E-state index in [0.29, 0.717) is 0 Å². The van der Waals surface area contributed by atoms with Crippen molar-refractivity contribution in [2.24, 2.45) is 0 Å². The molecule has 6 nitrogen and oxygen atoms in total. The van der Waals surface area contributed by atoms with E-state index in [1.807, 2.05) is 38.1 Å². The maximum Gasteiger partial charge on any atom is 0.275 e. The highest BCUT2D eigenvalue weighted by molar-refractivity contribution is 7.99. The lowest BCUT2D eigenvalue weighted by molar-refractivity contribution is 0.102. The monoisotopic (exact) mass is 325 g/mol. The number of amides is 1. The van der Waals surface area contributed by atoms with Gasteiger partial charge in [-0.25, -0.2) is 4.98 Å². The molecule has 0 radical (unpaired) electrons. The van der Waals surface area contributed by atoms with Crippen LogP contribution in [0.5, 0.6) is 0 Å². The van der Waals surface area contributed by atoms with Gasteiger partial charge in [-0.15, -0.1) is 0 Å². The van der Waals surface area contributed by atoms with Crippen LogP contribution in [0.15, 0.2) is 52.6 Å². The summed E-state index contributed by atoms with van der Waals surface area (Å²) < 4.78 is 0. The third-order valence-corrected chi connectivity index (χ3v) is 4.59. The first-order chi connectivity index (χ1) is 11.1. The average molecular weight is 325 g/mol. The topological polar surface area (TPSA) is 83.6 Å². The summed E-state index contributed by atoms with van der Waals surface area (Å²) in [4.78, 5) is 22.2. The summed E-state index contributed by atoms with van der Waals surface area (Å²) in [6.45, 7) is 3.93. The molecule has 23 heavy (non-hydrogen) atoms. The van der Waals surface area contributed by atoms with Crippen LogP contribution >= 0.6 is 11.8 Å². The standard InChI is InChI=1S/C16H15N5OS/c1-10-15(11(2)21-20-10)23-14-6-4-3-5-12(14)19-16(22)13-9-17-7-8-18-13/h3-9H,1-2H3,(H,19,22)(H,20,21). The van der Waals surface area contributed by atoms with E-state index < -0.39 is 0 Å². The van der Waals surface area contributed by atoms with Gasteiger partial charge in [0, 0.05) is 23.0 Å². The molecular formula is C16H15N5OS. The smallest absolute Gasteiger partial charge is 0.275 e. The fourth-order valence-corrected chi connectivity index (χ4v) is 3.05. The maximum absolute atomic E-state index is 12.3. The lowest BCUT2D eigenvalue weighted by Gasteiger charge is -2.10. The van der Waals surface area contributed by atoms with Crippen molar-refractivity contribution >= 4 is 23.4 Å². The Bertz CT molecular complexity index is 812. The summed E-state index contributed by atoms with van der Waals surface area (Å²) in [5, 5.41) is 10.1. The van der Waals surface area contributed by atoms with Crippen molar-refractivity contribution in [2.45, 2.75) is 23.6 Å². The Balaban J connectivity index is 1.85. The molecule has 2 aromatic heterocycles. The summed E-state index contributed by atoms with van der Waals surface area (Å²) >= 11 is 1.57. The molecule has 0 atom stereocenters. The number of aryl methyl sites for hydroxylation is 2. The zero-order valence-corrected chi connectivity index (χ0v) is 13.5. The largest absolute Gasteiger partial charge is 0.320 e. The van der Waals surface area contributed by atoms with Crippen LogP contribution in [-0.2, 0) is 0 Å². The Hall–Kier alpha value is -2.67. The first-order valence-electron chi connectivity index (χ1n) is 7.01. The van der Waals surface area contributed by atoms with Gasteiger partial charge >= 0.3 is 0 Å². The zero-order valence-electron chi connectivity index (χ0n) is 12.7. The molecule has 0 spiro atoms. The third-order valence-electron chi connectivity index (χ3n) is 3.20. The molecule has 3 rings (SSSR count). The van der Waals surface area contributed by atoms with Crippen molar-refractivity contribution in [1.82, 2.24) is 20.2 Å². The molecule has 1 aromatic carbocycles. The van der Waals surface area contributed by atoms with Crippen LogP contribution in [0.25, 0.3) is 0 Å². The lowest BCUT2D eigenvalue weighted by Crippen LogP contribution is -2.14. The molecule has 0 aliphatic heterocycles. The molecule has 0 aliphatic rings. The van der Waals surface area contributed by atoms with E-state index in [2.05, 4.69) is 25.5 Å². The van der Waals surface area contributed by atoms with Gasteiger partial charge in [-0.05, 0) is 26.0 Å². The number of para-hydroxylation sites is 1. The molecule has 116 valence electrons. The van der Waals surface area contributed by atoms with E-state index >= 15 is 0 Å². The number of hydrogen-bond acceptors (Lipinski definition) is 5. The van der Waals surface area contributed by atoms with Crippen LogP contribution in [0.4, 0.5) is 5.69 Å². The van der Waals surface area contributed by atoms with Gasteiger partial charge < -0.3 is 5.32 Å². The first-order valence-corrected chi connectivity index (χ1v) is 7.82. The quantitative estimate of drug-likeness (QED) is 0.769. The Morgan fingerprint density at radius 3 is 2.74 bits per heavy atom. The highest BCUT2D eigenvalue weighted by atomic mass is 32.2. The number of hydrogen-bond donors (Lipinski definition) is 2. The molecule has 1 amide bonds. The van der Waals surface area contributed by atoms with Gasteiger partial charge in [0.2, 0.25) is 0 Å². The first kappa shape index (κ1) is 15.2. The van der Waals surface area contributed by atoms with Gasteiger partial charge in [0.05, 0.1) is 22.5 Å². The van der Waals surface area contributed by atoms with Gasteiger partial charge in [0.1, 0.15) is 5.69 Å². The summed E-state index contributed by atoms with van der Waals surface area (Å²) in [5.74, 6) is -0.285. The van der Waals surface area contributed by atoms with Crippen molar-refractivity contribution in [2.75, 3.05) is 5.32 Å². The highest BCUT2D eigenvalue weighted by Gasteiger charge is 2.14. The lowest BCUT2D eigenvalue weighted by atomic mass is 10.3. The van der Waals surface area contributed by atoms with Crippen LogP contribution in [-0.4, -0.2) is 26.1 Å². The van der Waals surface area contributed by atoms with Crippen molar-refractivity contribution in [1.29, 1.82) is 0 Å². The predicted octanol–water partition coefficient (Wildman–Crippen LogP) is 3.22. The summed E-state index contributed by atoms with van der Waals surface area (Å²) in [7, 11) is 0. The fourth-order valence-electron chi connectivity index (χ4n) is 2.06. The second-order valence-electron chi connectivity index (χ2n) is 4.91. The van der Waals surface area contributed by atoms with Crippen LogP contribution in [0.3, 0.4) is 0 Å². The minimum Gasteiger partial charge on any atom is -0.320 e. The van der Waals surface area contributed by atoms with Gasteiger partial charge in [-0.3, -0.25) is 14.9 Å². The Kier molecular flexibility index (Phi) is 4.38. The molecule has 7 heteroatoms. The van der Waals surface area contributed by atoms with Crippen molar-refractivity contribution in [3.8, 4) is 0 Å². The molecule has 0 bridgehead atoms. The number of aromatic nitrogens is 4. The van der Waals surface area contributed by atoms with Gasteiger partial charge in [-0.1, -0.05) is 23.9 Å². The minimum absolute atomic E-state index is 0.281. The van der Waals surface area contributed by atoms with Gasteiger partial charge in [0.25, 0.3) is 5.91 Å². The van der Waals surface area contributed by atoms with E-state index in [1.165, 1.54) is 18.6 Å². The summed E-state index contributed by atoms with van der Waals surface area (Å²) in [6, 6.07) is 7.64. The molecule has 0 aliphatic carbocycles. The van der Waals surface area contributed by atoms with E-state index in [1.54, 1.807) is 11.8 Å². The van der Waals surface area contributed by atoms with E-state index in [4.69, 9.17) is 0 Å². The summed E-state index contributed by atoms with van der Waals surface area (Å²) in [5.41, 5.74) is 2.95. The number of aromatic amines is 1.